The standard InChI is InChI=1S/C15H18N6OS/c1-9-12(10(2)21-15(18-9)19-14(16)20-21)8-13(22)17-6-5-11-4-3-7-23-11/h3-4,7H,5-6,8H2,1-2H3,(H2,16,20)(H,17,22). The summed E-state index contributed by atoms with van der Waals surface area (Å²) in [5, 5.41) is 9.09. The fourth-order valence-corrected chi connectivity index (χ4v) is 3.19. The van der Waals surface area contributed by atoms with Crippen LogP contribution in [0.25, 0.3) is 5.78 Å². The molecule has 3 heterocycles. The zero-order chi connectivity index (χ0) is 16.4. The highest BCUT2D eigenvalue weighted by Gasteiger charge is 2.15. The normalized spacial score (nSPS) is 11.0. The molecule has 0 aliphatic heterocycles. The average molecular weight is 330 g/mol. The molecule has 0 fully saturated rings. The fourth-order valence-electron chi connectivity index (χ4n) is 2.48. The van der Waals surface area contributed by atoms with Gasteiger partial charge in [-0.05, 0) is 31.7 Å². The second-order valence-electron chi connectivity index (χ2n) is 5.30. The zero-order valence-corrected chi connectivity index (χ0v) is 13.9. The Labute approximate surface area is 137 Å². The first-order chi connectivity index (χ1) is 11.0. The number of aromatic nitrogens is 4. The second kappa shape index (κ2) is 6.33. The number of amides is 1. The molecule has 0 atom stereocenters. The summed E-state index contributed by atoms with van der Waals surface area (Å²) in [5.74, 6) is 0.610. The van der Waals surface area contributed by atoms with Crippen LogP contribution in [0.1, 0.15) is 21.8 Å². The Morgan fingerprint density at radius 3 is 2.96 bits per heavy atom. The molecule has 0 saturated carbocycles. The number of nitrogens with two attached hydrogens (primary N) is 1. The second-order valence-corrected chi connectivity index (χ2v) is 6.33. The summed E-state index contributed by atoms with van der Waals surface area (Å²) < 4.78 is 1.58. The van der Waals surface area contributed by atoms with Crippen LogP contribution in [0.3, 0.4) is 0 Å². The summed E-state index contributed by atoms with van der Waals surface area (Å²) in [6, 6.07) is 4.08. The van der Waals surface area contributed by atoms with Gasteiger partial charge in [-0.1, -0.05) is 6.07 Å². The molecular formula is C15H18N6OS. The van der Waals surface area contributed by atoms with Crippen LogP contribution in [0.5, 0.6) is 0 Å². The number of carbonyl (C=O) groups excluding carboxylic acids is 1. The number of hydrogen-bond donors (Lipinski definition) is 2. The summed E-state index contributed by atoms with van der Waals surface area (Å²) in [5.41, 5.74) is 8.08. The van der Waals surface area contributed by atoms with E-state index in [0.29, 0.717) is 12.3 Å². The summed E-state index contributed by atoms with van der Waals surface area (Å²) in [7, 11) is 0. The molecular weight excluding hydrogens is 312 g/mol. The third-order valence-corrected chi connectivity index (χ3v) is 4.61. The Bertz CT molecular complexity index is 839. The molecule has 0 aliphatic rings. The van der Waals surface area contributed by atoms with Gasteiger partial charge in [0, 0.05) is 28.4 Å². The Hall–Kier alpha value is -2.48. The van der Waals surface area contributed by atoms with E-state index in [0.717, 1.165) is 23.4 Å². The number of rotatable bonds is 5. The van der Waals surface area contributed by atoms with Gasteiger partial charge < -0.3 is 11.1 Å². The number of hydrogen-bond acceptors (Lipinski definition) is 6. The Kier molecular flexibility index (Phi) is 4.24. The number of nitrogen functional groups attached to an aromatic ring is 1. The van der Waals surface area contributed by atoms with E-state index in [9.17, 15) is 4.79 Å². The van der Waals surface area contributed by atoms with Crippen LogP contribution >= 0.6 is 11.3 Å². The van der Waals surface area contributed by atoms with Crippen LogP contribution in [0.15, 0.2) is 17.5 Å². The number of nitrogens with one attached hydrogen (secondary N) is 1. The van der Waals surface area contributed by atoms with E-state index in [1.807, 2.05) is 25.3 Å². The van der Waals surface area contributed by atoms with Crippen molar-refractivity contribution in [1.29, 1.82) is 0 Å². The highest BCUT2D eigenvalue weighted by atomic mass is 32.1. The minimum atomic E-state index is -0.0259. The summed E-state index contributed by atoms with van der Waals surface area (Å²) in [6.07, 6.45) is 1.11. The van der Waals surface area contributed by atoms with Crippen molar-refractivity contribution in [2.45, 2.75) is 26.7 Å². The van der Waals surface area contributed by atoms with Gasteiger partial charge in [0.25, 0.3) is 5.78 Å². The zero-order valence-electron chi connectivity index (χ0n) is 13.0. The van der Waals surface area contributed by atoms with Crippen LogP contribution in [0.2, 0.25) is 0 Å². The lowest BCUT2D eigenvalue weighted by Crippen LogP contribution is -2.28. The molecule has 120 valence electrons. The first-order valence-electron chi connectivity index (χ1n) is 7.32. The number of carbonyl (C=O) groups is 1. The van der Waals surface area contributed by atoms with E-state index in [1.54, 1.807) is 15.9 Å². The van der Waals surface area contributed by atoms with Crippen molar-refractivity contribution in [3.8, 4) is 0 Å². The maximum atomic E-state index is 12.2. The van der Waals surface area contributed by atoms with Crippen LogP contribution in [-0.2, 0) is 17.6 Å². The minimum Gasteiger partial charge on any atom is -0.366 e. The van der Waals surface area contributed by atoms with Crippen molar-refractivity contribution < 1.29 is 4.79 Å². The molecule has 0 unspecified atom stereocenters. The first-order valence-corrected chi connectivity index (χ1v) is 8.20. The van der Waals surface area contributed by atoms with E-state index in [1.165, 1.54) is 4.88 Å². The molecule has 0 aromatic carbocycles. The molecule has 7 nitrogen and oxygen atoms in total. The SMILES string of the molecule is Cc1nc2nc(N)nn2c(C)c1CC(=O)NCCc1cccs1. The van der Waals surface area contributed by atoms with Gasteiger partial charge in [0.1, 0.15) is 0 Å². The lowest BCUT2D eigenvalue weighted by atomic mass is 10.1. The van der Waals surface area contributed by atoms with Gasteiger partial charge in [0.15, 0.2) is 0 Å². The molecule has 0 saturated heterocycles. The number of thiophene rings is 1. The maximum absolute atomic E-state index is 12.2. The van der Waals surface area contributed by atoms with Gasteiger partial charge in [-0.25, -0.2) is 4.98 Å². The summed E-state index contributed by atoms with van der Waals surface area (Å²) in [6.45, 7) is 4.39. The molecule has 3 rings (SSSR count). The van der Waals surface area contributed by atoms with E-state index < -0.39 is 0 Å². The lowest BCUT2D eigenvalue weighted by Gasteiger charge is -2.10. The molecule has 8 heteroatoms. The largest absolute Gasteiger partial charge is 0.366 e. The van der Waals surface area contributed by atoms with Gasteiger partial charge in [-0.3, -0.25) is 4.79 Å². The van der Waals surface area contributed by atoms with Gasteiger partial charge in [-0.15, -0.1) is 16.4 Å². The number of nitrogens with zero attached hydrogens (tertiary/aromatic N) is 4. The van der Waals surface area contributed by atoms with Gasteiger partial charge >= 0.3 is 0 Å². The van der Waals surface area contributed by atoms with Crippen molar-refractivity contribution in [3.63, 3.8) is 0 Å². The van der Waals surface area contributed by atoms with E-state index >= 15 is 0 Å². The van der Waals surface area contributed by atoms with Crippen LogP contribution in [0, 0.1) is 13.8 Å². The van der Waals surface area contributed by atoms with Crippen molar-refractivity contribution in [3.05, 3.63) is 39.3 Å². The smallest absolute Gasteiger partial charge is 0.254 e. The molecule has 0 aliphatic carbocycles. The Balaban J connectivity index is 1.69. The van der Waals surface area contributed by atoms with E-state index in [2.05, 4.69) is 26.4 Å². The van der Waals surface area contributed by atoms with Crippen molar-refractivity contribution in [1.82, 2.24) is 24.9 Å². The topological polar surface area (TPSA) is 98.2 Å². The van der Waals surface area contributed by atoms with Gasteiger partial charge in [0.05, 0.1) is 6.42 Å². The Morgan fingerprint density at radius 2 is 2.22 bits per heavy atom. The van der Waals surface area contributed by atoms with Crippen LogP contribution < -0.4 is 11.1 Å². The average Bonchev–Trinajstić information content (AvgIpc) is 3.13. The van der Waals surface area contributed by atoms with E-state index in [-0.39, 0.29) is 18.3 Å². The van der Waals surface area contributed by atoms with Crippen molar-refractivity contribution in [2.75, 3.05) is 12.3 Å². The van der Waals surface area contributed by atoms with E-state index in [4.69, 9.17) is 5.73 Å². The molecule has 3 aromatic heterocycles. The van der Waals surface area contributed by atoms with Crippen molar-refractivity contribution >= 4 is 29.0 Å². The number of fused-ring (bicyclic) bond motifs is 1. The highest BCUT2D eigenvalue weighted by molar-refractivity contribution is 7.09. The van der Waals surface area contributed by atoms with Crippen LogP contribution in [0.4, 0.5) is 5.95 Å². The molecule has 0 radical (unpaired) electrons. The predicted molar refractivity (Wildman–Crippen MR) is 89.4 cm³/mol. The first kappa shape index (κ1) is 15.4. The molecule has 23 heavy (non-hydrogen) atoms. The fraction of sp³-hybridized carbons (Fsp3) is 0.333. The quantitative estimate of drug-likeness (QED) is 0.734. The highest BCUT2D eigenvalue weighted by Crippen LogP contribution is 2.15. The monoisotopic (exact) mass is 330 g/mol. The molecule has 3 aromatic rings. The van der Waals surface area contributed by atoms with Gasteiger partial charge in [0.2, 0.25) is 11.9 Å². The third kappa shape index (κ3) is 3.31. The lowest BCUT2D eigenvalue weighted by molar-refractivity contribution is -0.120. The summed E-state index contributed by atoms with van der Waals surface area (Å²) in [4.78, 5) is 21.9. The molecule has 1 amide bonds. The van der Waals surface area contributed by atoms with Crippen molar-refractivity contribution in [2.24, 2.45) is 0 Å². The molecule has 0 bridgehead atoms. The molecule has 3 N–H and O–H groups in total. The maximum Gasteiger partial charge on any atom is 0.254 e. The number of anilines is 1. The Morgan fingerprint density at radius 1 is 1.39 bits per heavy atom. The van der Waals surface area contributed by atoms with Crippen LogP contribution in [-0.4, -0.2) is 32.0 Å². The predicted octanol–water partition coefficient (Wildman–Crippen LogP) is 1.29. The molecule has 0 spiro atoms. The summed E-state index contributed by atoms with van der Waals surface area (Å²) >= 11 is 1.70. The van der Waals surface area contributed by atoms with Gasteiger partial charge in [-0.2, -0.15) is 9.50 Å². The number of aryl methyl sites for hydroxylation is 2. The third-order valence-electron chi connectivity index (χ3n) is 3.68. The minimum absolute atomic E-state index is 0.0259.